The maximum Gasteiger partial charge on any atom is 0.317 e. The lowest BCUT2D eigenvalue weighted by Gasteiger charge is -2.27. The summed E-state index contributed by atoms with van der Waals surface area (Å²) in [6.45, 7) is 2.33. The summed E-state index contributed by atoms with van der Waals surface area (Å²) >= 11 is 0. The van der Waals surface area contributed by atoms with Crippen molar-refractivity contribution < 1.29 is 9.53 Å². The van der Waals surface area contributed by atoms with Crippen LogP contribution >= 0.6 is 0 Å². The van der Waals surface area contributed by atoms with Crippen molar-refractivity contribution in [2.75, 3.05) is 26.8 Å². The Hall–Kier alpha value is -1.69. The zero-order chi connectivity index (χ0) is 12.1. The van der Waals surface area contributed by atoms with E-state index in [1.54, 1.807) is 24.5 Å². The average Bonchev–Trinajstić information content (AvgIpc) is 2.38. The third-order valence-corrected chi connectivity index (χ3v) is 2.73. The van der Waals surface area contributed by atoms with Crippen LogP contribution in [0, 0.1) is 0 Å². The lowest BCUT2D eigenvalue weighted by atomic mass is 10.1. The molecule has 0 bridgehead atoms. The Labute approximate surface area is 100 Å². The Bertz CT molecular complexity index is 397. The molecule has 92 valence electrons. The topological polar surface area (TPSA) is 67.3 Å². The fourth-order valence-electron chi connectivity index (χ4n) is 1.81. The third-order valence-electron chi connectivity index (χ3n) is 2.73. The molecule has 0 radical (unpaired) electrons. The number of urea groups is 1. The molecule has 0 saturated heterocycles. The van der Waals surface area contributed by atoms with Gasteiger partial charge in [-0.1, -0.05) is 0 Å². The van der Waals surface area contributed by atoms with Gasteiger partial charge in [0.1, 0.15) is 6.33 Å². The van der Waals surface area contributed by atoms with Gasteiger partial charge in [0, 0.05) is 38.4 Å². The maximum atomic E-state index is 11.8. The van der Waals surface area contributed by atoms with Gasteiger partial charge in [-0.2, -0.15) is 0 Å². The van der Waals surface area contributed by atoms with Crippen LogP contribution in [-0.4, -0.2) is 47.7 Å². The van der Waals surface area contributed by atoms with Crippen LogP contribution in [-0.2, 0) is 17.7 Å². The third kappa shape index (κ3) is 2.91. The first-order valence-electron chi connectivity index (χ1n) is 5.60. The molecule has 17 heavy (non-hydrogen) atoms. The summed E-state index contributed by atoms with van der Waals surface area (Å²) < 4.78 is 4.88. The molecule has 1 aromatic heterocycles. The van der Waals surface area contributed by atoms with Gasteiger partial charge in [-0.3, -0.25) is 0 Å². The van der Waals surface area contributed by atoms with E-state index in [2.05, 4.69) is 15.3 Å². The molecular formula is C11H16N4O2. The smallest absolute Gasteiger partial charge is 0.317 e. The first-order valence-corrected chi connectivity index (χ1v) is 5.60. The van der Waals surface area contributed by atoms with E-state index in [1.165, 1.54) is 0 Å². The van der Waals surface area contributed by atoms with E-state index in [0.29, 0.717) is 26.2 Å². The van der Waals surface area contributed by atoms with Crippen LogP contribution in [0.15, 0.2) is 12.5 Å². The lowest BCUT2D eigenvalue weighted by Crippen LogP contribution is -2.43. The van der Waals surface area contributed by atoms with Gasteiger partial charge in [-0.05, 0) is 0 Å². The monoisotopic (exact) mass is 236 g/mol. The highest BCUT2D eigenvalue weighted by Gasteiger charge is 2.20. The molecule has 1 aliphatic rings. The Morgan fingerprint density at radius 2 is 2.53 bits per heavy atom. The molecule has 1 aliphatic heterocycles. The molecular weight excluding hydrogens is 220 g/mol. The SMILES string of the molecule is COCCNC(=O)N1CCc2ncncc2C1. The van der Waals surface area contributed by atoms with Crippen molar-refractivity contribution in [2.45, 2.75) is 13.0 Å². The van der Waals surface area contributed by atoms with Crippen LogP contribution in [0.4, 0.5) is 4.79 Å². The average molecular weight is 236 g/mol. The number of methoxy groups -OCH3 is 1. The van der Waals surface area contributed by atoms with Gasteiger partial charge in [0.15, 0.2) is 0 Å². The molecule has 0 aromatic carbocycles. The molecule has 0 saturated carbocycles. The van der Waals surface area contributed by atoms with Crippen LogP contribution in [0.3, 0.4) is 0 Å². The van der Waals surface area contributed by atoms with Crippen LogP contribution in [0.5, 0.6) is 0 Å². The van der Waals surface area contributed by atoms with Gasteiger partial charge in [0.25, 0.3) is 0 Å². The standard InChI is InChI=1S/C11H16N4O2/c1-17-5-3-13-11(16)15-4-2-10-9(7-15)6-12-8-14-10/h6,8H,2-5,7H2,1H3,(H,13,16). The van der Waals surface area contributed by atoms with E-state index in [0.717, 1.165) is 17.7 Å². The van der Waals surface area contributed by atoms with Crippen molar-refractivity contribution in [1.82, 2.24) is 20.2 Å². The molecule has 0 unspecified atom stereocenters. The number of carbonyl (C=O) groups is 1. The van der Waals surface area contributed by atoms with Gasteiger partial charge in [-0.25, -0.2) is 14.8 Å². The summed E-state index contributed by atoms with van der Waals surface area (Å²) in [5.41, 5.74) is 2.07. The van der Waals surface area contributed by atoms with E-state index >= 15 is 0 Å². The number of hydrogen-bond donors (Lipinski definition) is 1. The number of carbonyl (C=O) groups excluding carboxylic acids is 1. The minimum Gasteiger partial charge on any atom is -0.383 e. The zero-order valence-electron chi connectivity index (χ0n) is 9.85. The maximum absolute atomic E-state index is 11.8. The number of rotatable bonds is 3. The number of nitrogens with zero attached hydrogens (tertiary/aromatic N) is 3. The van der Waals surface area contributed by atoms with E-state index < -0.39 is 0 Å². The molecule has 0 spiro atoms. The Kier molecular flexibility index (Phi) is 3.87. The number of hydrogen-bond acceptors (Lipinski definition) is 4. The summed E-state index contributed by atoms with van der Waals surface area (Å²) in [5, 5.41) is 2.81. The van der Waals surface area contributed by atoms with Gasteiger partial charge >= 0.3 is 6.03 Å². The Balaban J connectivity index is 1.91. The minimum absolute atomic E-state index is 0.0587. The van der Waals surface area contributed by atoms with Crippen molar-refractivity contribution in [3.8, 4) is 0 Å². The van der Waals surface area contributed by atoms with E-state index in [-0.39, 0.29) is 6.03 Å². The van der Waals surface area contributed by atoms with E-state index in [1.807, 2.05) is 0 Å². The molecule has 1 N–H and O–H groups in total. The highest BCUT2D eigenvalue weighted by Crippen LogP contribution is 2.14. The number of amides is 2. The minimum atomic E-state index is -0.0587. The molecule has 0 aliphatic carbocycles. The molecule has 2 rings (SSSR count). The van der Waals surface area contributed by atoms with Crippen molar-refractivity contribution in [3.05, 3.63) is 23.8 Å². The lowest BCUT2D eigenvalue weighted by molar-refractivity contribution is 0.176. The zero-order valence-corrected chi connectivity index (χ0v) is 9.85. The fraction of sp³-hybridized carbons (Fsp3) is 0.545. The highest BCUT2D eigenvalue weighted by molar-refractivity contribution is 5.74. The molecule has 0 atom stereocenters. The highest BCUT2D eigenvalue weighted by atomic mass is 16.5. The Morgan fingerprint density at radius 3 is 3.35 bits per heavy atom. The molecule has 2 heterocycles. The van der Waals surface area contributed by atoms with Gasteiger partial charge in [-0.15, -0.1) is 0 Å². The summed E-state index contributed by atoms with van der Waals surface area (Å²) in [5.74, 6) is 0. The van der Waals surface area contributed by atoms with Crippen LogP contribution in [0.2, 0.25) is 0 Å². The number of nitrogens with one attached hydrogen (secondary N) is 1. The fourth-order valence-corrected chi connectivity index (χ4v) is 1.81. The van der Waals surface area contributed by atoms with Crippen LogP contribution < -0.4 is 5.32 Å². The number of aromatic nitrogens is 2. The number of ether oxygens (including phenoxy) is 1. The van der Waals surface area contributed by atoms with Crippen molar-refractivity contribution in [3.63, 3.8) is 0 Å². The molecule has 1 aromatic rings. The summed E-state index contributed by atoms with van der Waals surface area (Å²) in [7, 11) is 1.61. The second kappa shape index (κ2) is 5.58. The Morgan fingerprint density at radius 1 is 1.65 bits per heavy atom. The summed E-state index contributed by atoms with van der Waals surface area (Å²) in [4.78, 5) is 21.7. The van der Waals surface area contributed by atoms with Crippen molar-refractivity contribution in [1.29, 1.82) is 0 Å². The van der Waals surface area contributed by atoms with E-state index in [4.69, 9.17) is 4.74 Å². The van der Waals surface area contributed by atoms with Gasteiger partial charge < -0.3 is 15.0 Å². The van der Waals surface area contributed by atoms with Gasteiger partial charge in [0.2, 0.25) is 0 Å². The molecule has 6 nitrogen and oxygen atoms in total. The van der Waals surface area contributed by atoms with Crippen LogP contribution in [0.1, 0.15) is 11.3 Å². The normalized spacial score (nSPS) is 14.3. The summed E-state index contributed by atoms with van der Waals surface area (Å²) in [6, 6.07) is -0.0587. The molecule has 6 heteroatoms. The predicted molar refractivity (Wildman–Crippen MR) is 61.4 cm³/mol. The second-order valence-corrected chi connectivity index (χ2v) is 3.89. The van der Waals surface area contributed by atoms with Gasteiger partial charge in [0.05, 0.1) is 18.8 Å². The first kappa shape index (κ1) is 11.8. The molecule has 2 amide bonds. The largest absolute Gasteiger partial charge is 0.383 e. The quantitative estimate of drug-likeness (QED) is 0.761. The molecule has 0 fully saturated rings. The van der Waals surface area contributed by atoms with Crippen molar-refractivity contribution >= 4 is 6.03 Å². The van der Waals surface area contributed by atoms with E-state index in [9.17, 15) is 4.79 Å². The first-order chi connectivity index (χ1) is 8.31. The van der Waals surface area contributed by atoms with Crippen LogP contribution in [0.25, 0.3) is 0 Å². The number of fused-ring (bicyclic) bond motifs is 1. The predicted octanol–water partition coefficient (Wildman–Crippen LogP) is 0.191. The second-order valence-electron chi connectivity index (χ2n) is 3.89. The van der Waals surface area contributed by atoms with Crippen molar-refractivity contribution in [2.24, 2.45) is 0 Å². The summed E-state index contributed by atoms with van der Waals surface area (Å²) in [6.07, 6.45) is 4.11.